The first-order chi connectivity index (χ1) is 6.69. The number of rotatable bonds is 7. The summed E-state index contributed by atoms with van der Waals surface area (Å²) in [6, 6.07) is 0. The van der Waals surface area contributed by atoms with Gasteiger partial charge in [-0.05, 0) is 19.8 Å². The SMILES string of the molecule is CCCC(N=C(C)CC)[SiH](OC)OC. The van der Waals surface area contributed by atoms with Gasteiger partial charge in [0.25, 0.3) is 0 Å². The van der Waals surface area contributed by atoms with Crippen LogP contribution in [0.5, 0.6) is 0 Å². The molecule has 0 aromatic rings. The maximum atomic E-state index is 5.37. The molecule has 0 radical (unpaired) electrons. The van der Waals surface area contributed by atoms with Gasteiger partial charge in [0, 0.05) is 19.9 Å². The Bertz CT molecular complexity index is 170. The number of nitrogens with zero attached hydrogens (tertiary/aromatic N) is 1. The zero-order valence-electron chi connectivity index (χ0n) is 10.0. The van der Waals surface area contributed by atoms with Crippen molar-refractivity contribution in [2.75, 3.05) is 14.2 Å². The average molecular weight is 217 g/mol. The summed E-state index contributed by atoms with van der Waals surface area (Å²) in [5, 5.41) is 0. The number of hydrogen-bond acceptors (Lipinski definition) is 3. The molecule has 0 aliphatic rings. The maximum absolute atomic E-state index is 5.37. The van der Waals surface area contributed by atoms with E-state index >= 15 is 0 Å². The Morgan fingerprint density at radius 2 is 1.86 bits per heavy atom. The van der Waals surface area contributed by atoms with Crippen LogP contribution in [0.25, 0.3) is 0 Å². The lowest BCUT2D eigenvalue weighted by Crippen LogP contribution is -2.34. The Hall–Kier alpha value is -0.193. The Morgan fingerprint density at radius 1 is 1.29 bits per heavy atom. The molecule has 1 unspecified atom stereocenters. The Kier molecular flexibility index (Phi) is 8.03. The minimum Gasteiger partial charge on any atom is -0.399 e. The van der Waals surface area contributed by atoms with Crippen molar-refractivity contribution < 1.29 is 8.85 Å². The van der Waals surface area contributed by atoms with Gasteiger partial charge in [0.2, 0.25) is 0 Å². The molecule has 14 heavy (non-hydrogen) atoms. The molecule has 0 aliphatic carbocycles. The Labute approximate surface area is 89.4 Å². The second-order valence-electron chi connectivity index (χ2n) is 3.41. The van der Waals surface area contributed by atoms with E-state index < -0.39 is 9.28 Å². The van der Waals surface area contributed by atoms with Gasteiger partial charge in [0.1, 0.15) is 0 Å². The van der Waals surface area contributed by atoms with Crippen LogP contribution in [0, 0.1) is 0 Å². The van der Waals surface area contributed by atoms with Crippen LogP contribution in [-0.4, -0.2) is 34.9 Å². The van der Waals surface area contributed by atoms with E-state index in [1.165, 1.54) is 5.71 Å². The summed E-state index contributed by atoms with van der Waals surface area (Å²) < 4.78 is 10.7. The summed E-state index contributed by atoms with van der Waals surface area (Å²) in [7, 11) is 1.86. The maximum Gasteiger partial charge on any atom is 0.346 e. The molecule has 0 aromatic carbocycles. The molecule has 0 N–H and O–H groups in total. The van der Waals surface area contributed by atoms with Gasteiger partial charge in [-0.2, -0.15) is 0 Å². The smallest absolute Gasteiger partial charge is 0.346 e. The van der Waals surface area contributed by atoms with Crippen LogP contribution >= 0.6 is 0 Å². The number of hydrogen-bond donors (Lipinski definition) is 0. The third-order valence-electron chi connectivity index (χ3n) is 2.26. The highest BCUT2D eigenvalue weighted by Gasteiger charge is 2.22. The second kappa shape index (κ2) is 8.14. The summed E-state index contributed by atoms with van der Waals surface area (Å²) in [6.45, 7) is 6.36. The zero-order chi connectivity index (χ0) is 11.0. The van der Waals surface area contributed by atoms with E-state index in [-0.39, 0.29) is 5.67 Å². The van der Waals surface area contributed by atoms with E-state index in [4.69, 9.17) is 8.85 Å². The molecular weight excluding hydrogens is 194 g/mol. The summed E-state index contributed by atoms with van der Waals surface area (Å²) in [5.41, 5.74) is 1.46. The van der Waals surface area contributed by atoms with Gasteiger partial charge in [-0.15, -0.1) is 0 Å². The molecule has 3 nitrogen and oxygen atoms in total. The summed E-state index contributed by atoms with van der Waals surface area (Å²) in [4.78, 5) is 4.66. The molecule has 0 fully saturated rings. The molecule has 84 valence electrons. The molecule has 0 aromatic heterocycles. The first-order valence-corrected chi connectivity index (χ1v) is 6.89. The topological polar surface area (TPSA) is 30.8 Å². The standard InChI is InChI=1S/C10H23NO2Si/c1-6-8-10(11-9(3)7-2)14(12-4)13-5/h10,14H,6-8H2,1-5H3. The van der Waals surface area contributed by atoms with E-state index in [0.29, 0.717) is 0 Å². The van der Waals surface area contributed by atoms with Crippen molar-refractivity contribution in [3.63, 3.8) is 0 Å². The van der Waals surface area contributed by atoms with Crippen molar-refractivity contribution in [3.05, 3.63) is 0 Å². The molecule has 0 saturated carbocycles. The van der Waals surface area contributed by atoms with Gasteiger partial charge < -0.3 is 8.85 Å². The highest BCUT2D eigenvalue weighted by molar-refractivity contribution is 6.46. The molecule has 0 aliphatic heterocycles. The van der Waals surface area contributed by atoms with E-state index in [1.807, 2.05) is 0 Å². The minimum absolute atomic E-state index is 0.273. The van der Waals surface area contributed by atoms with Gasteiger partial charge in [-0.25, -0.2) is 0 Å². The van der Waals surface area contributed by atoms with Crippen LogP contribution in [0.1, 0.15) is 40.0 Å². The molecule has 0 spiro atoms. The second-order valence-corrected chi connectivity index (χ2v) is 5.86. The molecule has 0 rings (SSSR count). The summed E-state index contributed by atoms with van der Waals surface area (Å²) in [6.07, 6.45) is 3.20. The lowest BCUT2D eigenvalue weighted by atomic mass is 10.3. The highest BCUT2D eigenvalue weighted by Crippen LogP contribution is 2.08. The van der Waals surface area contributed by atoms with Crippen LogP contribution in [0.3, 0.4) is 0 Å². The minimum atomic E-state index is -1.58. The van der Waals surface area contributed by atoms with Gasteiger partial charge in [-0.3, -0.25) is 4.99 Å². The van der Waals surface area contributed by atoms with E-state index in [9.17, 15) is 0 Å². The van der Waals surface area contributed by atoms with Gasteiger partial charge in [0.15, 0.2) is 0 Å². The van der Waals surface area contributed by atoms with E-state index in [0.717, 1.165) is 19.3 Å². The lowest BCUT2D eigenvalue weighted by Gasteiger charge is -2.19. The number of aliphatic imine (C=N–C) groups is 1. The van der Waals surface area contributed by atoms with E-state index in [1.54, 1.807) is 14.2 Å². The Morgan fingerprint density at radius 3 is 2.21 bits per heavy atom. The van der Waals surface area contributed by atoms with Crippen LogP contribution < -0.4 is 0 Å². The van der Waals surface area contributed by atoms with Crippen molar-refractivity contribution in [2.45, 2.75) is 45.7 Å². The monoisotopic (exact) mass is 217 g/mol. The van der Waals surface area contributed by atoms with Crippen molar-refractivity contribution in [2.24, 2.45) is 4.99 Å². The quantitative estimate of drug-likeness (QED) is 0.483. The molecular formula is C10H23NO2Si. The molecule has 0 heterocycles. The Balaban J connectivity index is 4.40. The fourth-order valence-corrected chi connectivity index (χ4v) is 3.14. The van der Waals surface area contributed by atoms with Gasteiger partial charge >= 0.3 is 9.28 Å². The summed E-state index contributed by atoms with van der Waals surface area (Å²) in [5.74, 6) is 0. The lowest BCUT2D eigenvalue weighted by molar-refractivity contribution is 0.264. The van der Waals surface area contributed by atoms with Gasteiger partial charge in [-0.1, -0.05) is 20.3 Å². The van der Waals surface area contributed by atoms with Crippen molar-refractivity contribution in [1.29, 1.82) is 0 Å². The fourth-order valence-electron chi connectivity index (χ4n) is 1.34. The molecule has 0 bridgehead atoms. The predicted octanol–water partition coefficient (Wildman–Crippen LogP) is 2.08. The largest absolute Gasteiger partial charge is 0.399 e. The first-order valence-electron chi connectivity index (χ1n) is 5.28. The molecule has 0 amide bonds. The van der Waals surface area contributed by atoms with Crippen molar-refractivity contribution in [1.82, 2.24) is 0 Å². The highest BCUT2D eigenvalue weighted by atomic mass is 28.3. The van der Waals surface area contributed by atoms with Crippen molar-refractivity contribution in [3.8, 4) is 0 Å². The average Bonchev–Trinajstić information content (AvgIpc) is 2.19. The molecule has 1 atom stereocenters. The summed E-state index contributed by atoms with van der Waals surface area (Å²) >= 11 is 0. The molecule has 4 heteroatoms. The first kappa shape index (κ1) is 13.8. The van der Waals surface area contributed by atoms with Crippen LogP contribution in [-0.2, 0) is 8.85 Å². The third kappa shape index (κ3) is 4.88. The normalized spacial score (nSPS) is 14.9. The predicted molar refractivity (Wildman–Crippen MR) is 63.3 cm³/mol. The third-order valence-corrected chi connectivity index (χ3v) is 4.30. The zero-order valence-corrected chi connectivity index (χ0v) is 11.2. The van der Waals surface area contributed by atoms with Gasteiger partial charge in [0.05, 0.1) is 5.67 Å². The van der Waals surface area contributed by atoms with Crippen LogP contribution in [0.4, 0.5) is 0 Å². The fraction of sp³-hybridized carbons (Fsp3) is 0.900. The molecule has 0 saturated heterocycles. The van der Waals surface area contributed by atoms with Crippen LogP contribution in [0.15, 0.2) is 4.99 Å². The van der Waals surface area contributed by atoms with Crippen LogP contribution in [0.2, 0.25) is 0 Å². The van der Waals surface area contributed by atoms with Crippen molar-refractivity contribution >= 4 is 15.0 Å². The van der Waals surface area contributed by atoms with E-state index in [2.05, 4.69) is 25.8 Å².